The summed E-state index contributed by atoms with van der Waals surface area (Å²) < 4.78 is 41.1. The van der Waals surface area contributed by atoms with Crippen molar-refractivity contribution < 1.29 is 32.4 Å². The SMILES string of the molecule is O=C(ON1CC(=NOCC2CCCCO2)C1)C(F)(F)F. The number of hydrogen-bond acceptors (Lipinski definition) is 6. The molecular formula is C11H15F3N2O4. The predicted molar refractivity (Wildman–Crippen MR) is 60.7 cm³/mol. The smallest absolute Gasteiger partial charge is 0.393 e. The molecule has 2 aliphatic rings. The highest BCUT2D eigenvalue weighted by atomic mass is 19.4. The molecule has 2 rings (SSSR count). The van der Waals surface area contributed by atoms with Crippen molar-refractivity contribution in [2.45, 2.75) is 31.5 Å². The van der Waals surface area contributed by atoms with Crippen LogP contribution < -0.4 is 0 Å². The summed E-state index contributed by atoms with van der Waals surface area (Å²) in [6.07, 6.45) is -1.91. The molecule has 1 unspecified atom stereocenters. The van der Waals surface area contributed by atoms with E-state index in [1.807, 2.05) is 0 Å². The Bertz CT molecular complexity index is 372. The number of halogens is 3. The molecular weight excluding hydrogens is 281 g/mol. The van der Waals surface area contributed by atoms with Gasteiger partial charge in [-0.05, 0) is 19.3 Å². The van der Waals surface area contributed by atoms with E-state index < -0.39 is 12.1 Å². The van der Waals surface area contributed by atoms with E-state index in [1.165, 1.54) is 0 Å². The maximum absolute atomic E-state index is 11.9. The van der Waals surface area contributed by atoms with Crippen LogP contribution in [0.2, 0.25) is 0 Å². The van der Waals surface area contributed by atoms with Gasteiger partial charge in [0.2, 0.25) is 0 Å². The zero-order valence-electron chi connectivity index (χ0n) is 10.7. The summed E-state index contributed by atoms with van der Waals surface area (Å²) in [5.74, 6) is -2.23. The molecule has 0 bridgehead atoms. The number of oxime groups is 1. The molecule has 0 aromatic rings. The summed E-state index contributed by atoms with van der Waals surface area (Å²) in [6, 6.07) is 0. The number of hydroxylamine groups is 2. The van der Waals surface area contributed by atoms with E-state index in [4.69, 9.17) is 9.57 Å². The summed E-state index contributed by atoms with van der Waals surface area (Å²) >= 11 is 0. The van der Waals surface area contributed by atoms with E-state index in [1.54, 1.807) is 0 Å². The fourth-order valence-corrected chi connectivity index (χ4v) is 1.80. The zero-order valence-corrected chi connectivity index (χ0v) is 10.7. The van der Waals surface area contributed by atoms with E-state index in [9.17, 15) is 18.0 Å². The lowest BCUT2D eigenvalue weighted by Crippen LogP contribution is -2.50. The highest BCUT2D eigenvalue weighted by Gasteiger charge is 2.44. The molecule has 0 saturated carbocycles. The van der Waals surface area contributed by atoms with Crippen LogP contribution in [0.15, 0.2) is 5.16 Å². The molecule has 2 saturated heterocycles. The van der Waals surface area contributed by atoms with Gasteiger partial charge in [0.25, 0.3) is 0 Å². The molecule has 1 atom stereocenters. The summed E-state index contributed by atoms with van der Waals surface area (Å²) in [7, 11) is 0. The molecule has 0 amide bonds. The van der Waals surface area contributed by atoms with Crippen molar-refractivity contribution in [2.24, 2.45) is 5.16 Å². The monoisotopic (exact) mass is 296 g/mol. The van der Waals surface area contributed by atoms with Crippen molar-refractivity contribution in [1.29, 1.82) is 0 Å². The van der Waals surface area contributed by atoms with Crippen molar-refractivity contribution in [2.75, 3.05) is 26.3 Å². The normalized spacial score (nSPS) is 23.9. The third-order valence-corrected chi connectivity index (χ3v) is 2.89. The van der Waals surface area contributed by atoms with E-state index in [0.717, 1.165) is 24.3 Å². The first kappa shape index (κ1) is 15.0. The number of hydrogen-bond donors (Lipinski definition) is 0. The molecule has 2 aliphatic heterocycles. The second-order valence-corrected chi connectivity index (χ2v) is 4.62. The minimum absolute atomic E-state index is 0.0207. The number of carbonyl (C=O) groups is 1. The molecule has 0 radical (unpaired) electrons. The first-order valence-electron chi connectivity index (χ1n) is 6.28. The Morgan fingerprint density at radius 1 is 1.40 bits per heavy atom. The van der Waals surface area contributed by atoms with Crippen LogP contribution in [0, 0.1) is 0 Å². The first-order chi connectivity index (χ1) is 9.45. The van der Waals surface area contributed by atoms with E-state index in [2.05, 4.69) is 9.99 Å². The molecule has 0 aromatic heterocycles. The molecule has 9 heteroatoms. The highest BCUT2D eigenvalue weighted by Crippen LogP contribution is 2.19. The third kappa shape index (κ3) is 4.34. The second-order valence-electron chi connectivity index (χ2n) is 4.62. The van der Waals surface area contributed by atoms with Gasteiger partial charge in [-0.2, -0.15) is 13.2 Å². The standard InChI is InChI=1S/C11H15F3N2O4/c12-11(13,14)10(17)20-16-5-8(6-16)15-19-7-9-3-1-2-4-18-9/h9H,1-7H2. The molecule has 0 spiro atoms. The predicted octanol–water partition coefficient (Wildman–Crippen LogP) is 1.26. The van der Waals surface area contributed by atoms with Gasteiger partial charge < -0.3 is 14.4 Å². The number of ether oxygens (including phenoxy) is 1. The highest BCUT2D eigenvalue weighted by molar-refractivity contribution is 5.92. The maximum Gasteiger partial charge on any atom is 0.492 e. The van der Waals surface area contributed by atoms with Crippen molar-refractivity contribution in [3.63, 3.8) is 0 Å². The minimum atomic E-state index is -4.98. The van der Waals surface area contributed by atoms with E-state index >= 15 is 0 Å². The van der Waals surface area contributed by atoms with E-state index in [0.29, 0.717) is 18.9 Å². The van der Waals surface area contributed by atoms with Crippen LogP contribution in [0.5, 0.6) is 0 Å². The molecule has 0 aromatic carbocycles. The quantitative estimate of drug-likeness (QED) is 0.731. The Morgan fingerprint density at radius 2 is 2.15 bits per heavy atom. The molecule has 20 heavy (non-hydrogen) atoms. The summed E-state index contributed by atoms with van der Waals surface area (Å²) in [5, 5.41) is 4.64. The second kappa shape index (κ2) is 6.40. The Kier molecular flexibility index (Phi) is 4.81. The van der Waals surface area contributed by atoms with Gasteiger partial charge in [0, 0.05) is 6.61 Å². The molecule has 114 valence electrons. The number of rotatable bonds is 4. The minimum Gasteiger partial charge on any atom is -0.393 e. The fraction of sp³-hybridized carbons (Fsp3) is 0.818. The first-order valence-corrected chi connectivity index (χ1v) is 6.28. The maximum atomic E-state index is 11.9. The van der Waals surface area contributed by atoms with Crippen LogP contribution in [-0.4, -0.2) is 55.3 Å². The van der Waals surface area contributed by atoms with Gasteiger partial charge in [0.1, 0.15) is 6.61 Å². The largest absolute Gasteiger partial charge is 0.492 e. The lowest BCUT2D eigenvalue weighted by Gasteiger charge is -2.30. The number of nitrogens with zero attached hydrogens (tertiary/aromatic N) is 2. The van der Waals surface area contributed by atoms with Crippen molar-refractivity contribution in [3.8, 4) is 0 Å². The molecule has 6 nitrogen and oxygen atoms in total. The zero-order chi connectivity index (χ0) is 14.6. The number of carbonyl (C=O) groups excluding carboxylic acids is 1. The van der Waals surface area contributed by atoms with Gasteiger partial charge >= 0.3 is 12.1 Å². The van der Waals surface area contributed by atoms with Crippen LogP contribution in [0.3, 0.4) is 0 Å². The lowest BCUT2D eigenvalue weighted by atomic mass is 10.1. The van der Waals surface area contributed by atoms with E-state index in [-0.39, 0.29) is 19.2 Å². The molecule has 2 heterocycles. The van der Waals surface area contributed by atoms with Gasteiger partial charge in [-0.15, -0.1) is 5.06 Å². The average molecular weight is 296 g/mol. The number of alkyl halides is 3. The van der Waals surface area contributed by atoms with Crippen LogP contribution in [0.4, 0.5) is 13.2 Å². The topological polar surface area (TPSA) is 60.4 Å². The third-order valence-electron chi connectivity index (χ3n) is 2.89. The lowest BCUT2D eigenvalue weighted by molar-refractivity contribution is -0.238. The molecule has 0 aliphatic carbocycles. The van der Waals surface area contributed by atoms with Crippen molar-refractivity contribution in [1.82, 2.24) is 5.06 Å². The summed E-state index contributed by atoms with van der Waals surface area (Å²) in [6.45, 7) is 1.08. The van der Waals surface area contributed by atoms with Gasteiger partial charge in [0.05, 0.1) is 24.9 Å². The van der Waals surface area contributed by atoms with Crippen molar-refractivity contribution >= 4 is 11.7 Å². The van der Waals surface area contributed by atoms with Gasteiger partial charge in [-0.25, -0.2) is 4.79 Å². The average Bonchev–Trinajstić information content (AvgIpc) is 2.35. The van der Waals surface area contributed by atoms with Gasteiger partial charge in [-0.3, -0.25) is 0 Å². The Labute approximate surface area is 113 Å². The Balaban J connectivity index is 1.61. The van der Waals surface area contributed by atoms with Crippen LogP contribution in [0.25, 0.3) is 0 Å². The van der Waals surface area contributed by atoms with Crippen LogP contribution >= 0.6 is 0 Å². The van der Waals surface area contributed by atoms with Crippen molar-refractivity contribution in [3.05, 3.63) is 0 Å². The van der Waals surface area contributed by atoms with Gasteiger partial charge in [-0.1, -0.05) is 5.16 Å². The summed E-state index contributed by atoms with van der Waals surface area (Å²) in [4.78, 5) is 19.7. The molecule has 0 N–H and O–H groups in total. The fourth-order valence-electron chi connectivity index (χ4n) is 1.80. The van der Waals surface area contributed by atoms with Gasteiger partial charge in [0.15, 0.2) is 0 Å². The van der Waals surface area contributed by atoms with Crippen LogP contribution in [0.1, 0.15) is 19.3 Å². The molecule has 2 fully saturated rings. The summed E-state index contributed by atoms with van der Waals surface area (Å²) in [5.41, 5.74) is 0.524. The Morgan fingerprint density at radius 3 is 2.75 bits per heavy atom. The Hall–Kier alpha value is -1.35. The van der Waals surface area contributed by atoms with Crippen LogP contribution in [-0.2, 0) is 19.2 Å².